The second-order valence-electron chi connectivity index (χ2n) is 9.77. The molecule has 0 fully saturated rings. The number of methoxy groups -OCH3 is 1. The second kappa shape index (κ2) is 12.0. The largest absolute Gasteiger partial charge is 0.496 e. The third kappa shape index (κ3) is 6.36. The molecule has 39 heavy (non-hydrogen) atoms. The molecule has 204 valence electrons. The number of para-hydroxylation sites is 1. The fraction of sp³-hybridized carbons (Fsp3) is 0.276. The average molecular weight is 530 g/mol. The van der Waals surface area contributed by atoms with Gasteiger partial charge in [0.1, 0.15) is 11.4 Å². The number of hydrazine groups is 1. The average Bonchev–Trinajstić information content (AvgIpc) is 3.34. The molecule has 0 aliphatic rings. The molecule has 0 radical (unpaired) electrons. The van der Waals surface area contributed by atoms with Crippen LogP contribution in [0.1, 0.15) is 10.4 Å². The van der Waals surface area contributed by atoms with Gasteiger partial charge in [-0.25, -0.2) is 14.8 Å². The van der Waals surface area contributed by atoms with Crippen LogP contribution in [0.3, 0.4) is 0 Å². The number of H-pyrrole nitrogens is 1. The Labute approximate surface area is 228 Å². The number of anilines is 1. The third-order valence-corrected chi connectivity index (χ3v) is 6.34. The van der Waals surface area contributed by atoms with Crippen LogP contribution in [0.25, 0.3) is 33.3 Å². The Kier molecular flexibility index (Phi) is 8.48. The Bertz CT molecular complexity index is 1480. The molecular formula is C29H35N7O3. The van der Waals surface area contributed by atoms with E-state index in [1.807, 2.05) is 61.6 Å². The number of carbonyl (C=O) groups is 2. The van der Waals surface area contributed by atoms with Gasteiger partial charge in [-0.1, -0.05) is 24.3 Å². The number of hydrogen-bond acceptors (Lipinski definition) is 6. The molecular weight excluding hydrogens is 494 g/mol. The summed E-state index contributed by atoms with van der Waals surface area (Å²) in [6.45, 7) is 1.43. The molecule has 0 bridgehead atoms. The van der Waals surface area contributed by atoms with E-state index in [1.165, 1.54) is 4.90 Å². The molecule has 10 heteroatoms. The van der Waals surface area contributed by atoms with E-state index in [-0.39, 0.29) is 5.91 Å². The van der Waals surface area contributed by atoms with Crippen molar-refractivity contribution >= 4 is 28.7 Å². The molecule has 0 aliphatic carbocycles. The highest BCUT2D eigenvalue weighted by atomic mass is 16.5. The lowest BCUT2D eigenvalue weighted by Crippen LogP contribution is -2.44. The summed E-state index contributed by atoms with van der Waals surface area (Å²) in [7, 11) is 10.7. The van der Waals surface area contributed by atoms with E-state index in [0.717, 1.165) is 45.6 Å². The first kappa shape index (κ1) is 27.6. The standard InChI is InChI=1S/C29H35N7O3/c1-34(2)13-14-36(5)33-29(38)32-25-12-11-19(15-23(25)28(37)35(3)4)20-16-22-24(18-31-27(22)30-17-20)21-9-7-8-10-26(21)39-6/h7-12,15-18H,13-14H2,1-6H3,(H,30,31)(H2,32,33,38). The van der Waals surface area contributed by atoms with Crippen molar-refractivity contribution in [2.45, 2.75) is 0 Å². The molecule has 4 aromatic rings. The van der Waals surface area contributed by atoms with Gasteiger partial charge in [0.2, 0.25) is 0 Å². The third-order valence-electron chi connectivity index (χ3n) is 6.34. The van der Waals surface area contributed by atoms with Gasteiger partial charge in [-0.2, -0.15) is 0 Å². The van der Waals surface area contributed by atoms with E-state index in [9.17, 15) is 9.59 Å². The Hall–Kier alpha value is -4.41. The van der Waals surface area contributed by atoms with Crippen molar-refractivity contribution in [2.24, 2.45) is 0 Å². The summed E-state index contributed by atoms with van der Waals surface area (Å²) in [6, 6.07) is 14.8. The number of rotatable bonds is 9. The Morgan fingerprint density at radius 1 is 0.949 bits per heavy atom. The number of nitrogens with zero attached hydrogens (tertiary/aromatic N) is 4. The quantitative estimate of drug-likeness (QED) is 0.282. The smallest absolute Gasteiger partial charge is 0.333 e. The van der Waals surface area contributed by atoms with E-state index in [0.29, 0.717) is 17.8 Å². The highest BCUT2D eigenvalue weighted by molar-refractivity contribution is 6.04. The summed E-state index contributed by atoms with van der Waals surface area (Å²) < 4.78 is 5.57. The van der Waals surface area contributed by atoms with Gasteiger partial charge in [-0.05, 0) is 43.9 Å². The maximum Gasteiger partial charge on any atom is 0.333 e. The fourth-order valence-electron chi connectivity index (χ4n) is 4.23. The van der Waals surface area contributed by atoms with Crippen LogP contribution in [-0.2, 0) is 0 Å². The van der Waals surface area contributed by atoms with Crippen molar-refractivity contribution in [2.75, 3.05) is 60.8 Å². The molecule has 4 rings (SSSR count). The number of amides is 3. The maximum atomic E-state index is 13.1. The number of aromatic amines is 1. The van der Waals surface area contributed by atoms with Crippen molar-refractivity contribution in [1.82, 2.24) is 30.2 Å². The van der Waals surface area contributed by atoms with Crippen molar-refractivity contribution in [3.05, 3.63) is 66.5 Å². The minimum absolute atomic E-state index is 0.224. The number of nitrogens with one attached hydrogen (secondary N) is 3. The lowest BCUT2D eigenvalue weighted by Gasteiger charge is -2.21. The van der Waals surface area contributed by atoms with Crippen LogP contribution >= 0.6 is 0 Å². The number of fused-ring (bicyclic) bond motifs is 1. The molecule has 0 unspecified atom stereocenters. The number of aromatic nitrogens is 2. The van der Waals surface area contributed by atoms with Crippen LogP contribution < -0.4 is 15.5 Å². The predicted molar refractivity (Wildman–Crippen MR) is 155 cm³/mol. The molecule has 0 saturated heterocycles. The van der Waals surface area contributed by atoms with Crippen molar-refractivity contribution in [1.29, 1.82) is 0 Å². The van der Waals surface area contributed by atoms with Crippen LogP contribution in [0.4, 0.5) is 10.5 Å². The van der Waals surface area contributed by atoms with Crippen molar-refractivity contribution < 1.29 is 14.3 Å². The zero-order valence-electron chi connectivity index (χ0n) is 23.2. The topological polar surface area (TPSA) is 106 Å². The molecule has 0 saturated carbocycles. The summed E-state index contributed by atoms with van der Waals surface area (Å²) in [5.74, 6) is 0.544. The second-order valence-corrected chi connectivity index (χ2v) is 9.77. The number of likely N-dealkylation sites (N-methyl/N-ethyl adjacent to an activating group) is 2. The fourth-order valence-corrected chi connectivity index (χ4v) is 4.23. The van der Waals surface area contributed by atoms with Crippen LogP contribution in [0.2, 0.25) is 0 Å². The van der Waals surface area contributed by atoms with Gasteiger partial charge in [0.05, 0.1) is 18.4 Å². The Balaban J connectivity index is 1.67. The van der Waals surface area contributed by atoms with Gasteiger partial charge in [-0.3, -0.25) is 10.2 Å². The van der Waals surface area contributed by atoms with Gasteiger partial charge in [0, 0.05) is 68.7 Å². The first-order valence-electron chi connectivity index (χ1n) is 12.6. The van der Waals surface area contributed by atoms with Crippen LogP contribution in [0, 0.1) is 0 Å². The van der Waals surface area contributed by atoms with Crippen molar-refractivity contribution in [3.8, 4) is 28.0 Å². The lowest BCUT2D eigenvalue weighted by molar-refractivity contribution is 0.0828. The van der Waals surface area contributed by atoms with E-state index < -0.39 is 6.03 Å². The van der Waals surface area contributed by atoms with Crippen molar-refractivity contribution in [3.63, 3.8) is 0 Å². The van der Waals surface area contributed by atoms with Gasteiger partial charge in [-0.15, -0.1) is 0 Å². The predicted octanol–water partition coefficient (Wildman–Crippen LogP) is 4.14. The Morgan fingerprint density at radius 3 is 2.44 bits per heavy atom. The summed E-state index contributed by atoms with van der Waals surface area (Å²) >= 11 is 0. The van der Waals surface area contributed by atoms with Gasteiger partial charge < -0.3 is 24.8 Å². The number of ether oxygens (including phenoxy) is 1. The molecule has 10 nitrogen and oxygen atoms in total. The first-order valence-corrected chi connectivity index (χ1v) is 12.6. The summed E-state index contributed by atoms with van der Waals surface area (Å²) in [5.41, 5.74) is 7.89. The molecule has 2 aromatic heterocycles. The zero-order chi connectivity index (χ0) is 28.1. The summed E-state index contributed by atoms with van der Waals surface area (Å²) in [4.78, 5) is 37.2. The van der Waals surface area contributed by atoms with E-state index in [1.54, 1.807) is 51.6 Å². The minimum atomic E-state index is -0.423. The summed E-state index contributed by atoms with van der Waals surface area (Å²) in [6.07, 6.45) is 3.69. The number of hydrogen-bond donors (Lipinski definition) is 3. The van der Waals surface area contributed by atoms with Gasteiger partial charge in [0.15, 0.2) is 0 Å². The summed E-state index contributed by atoms with van der Waals surface area (Å²) in [5, 5.41) is 5.46. The number of pyridine rings is 1. The normalized spacial score (nSPS) is 11.2. The molecule has 3 N–H and O–H groups in total. The molecule has 3 amide bonds. The number of carbonyl (C=O) groups excluding carboxylic acids is 2. The highest BCUT2D eigenvalue weighted by Gasteiger charge is 2.18. The molecule has 0 atom stereocenters. The van der Waals surface area contributed by atoms with Crippen LogP contribution in [0.15, 0.2) is 60.9 Å². The van der Waals surface area contributed by atoms with Gasteiger partial charge >= 0.3 is 6.03 Å². The number of benzene rings is 2. The monoisotopic (exact) mass is 529 g/mol. The van der Waals surface area contributed by atoms with Crippen LogP contribution in [-0.4, -0.2) is 92.2 Å². The molecule has 0 aliphatic heterocycles. The SMILES string of the molecule is COc1ccccc1-c1c[nH]c2ncc(-c3ccc(NC(=O)NN(C)CCN(C)C)c(C(=O)N(C)C)c3)cc12. The first-order chi connectivity index (χ1) is 18.7. The maximum absolute atomic E-state index is 13.1. The van der Waals surface area contributed by atoms with E-state index in [2.05, 4.69) is 20.7 Å². The number of urea groups is 1. The van der Waals surface area contributed by atoms with Gasteiger partial charge in [0.25, 0.3) is 5.91 Å². The molecule has 2 aromatic carbocycles. The van der Waals surface area contributed by atoms with E-state index >= 15 is 0 Å². The van der Waals surface area contributed by atoms with E-state index in [4.69, 9.17) is 4.74 Å². The lowest BCUT2D eigenvalue weighted by atomic mass is 9.99. The molecule has 0 spiro atoms. The zero-order valence-corrected chi connectivity index (χ0v) is 23.2. The highest BCUT2D eigenvalue weighted by Crippen LogP contribution is 2.36. The minimum Gasteiger partial charge on any atom is -0.496 e. The molecule has 2 heterocycles. The van der Waals surface area contributed by atoms with Crippen LogP contribution in [0.5, 0.6) is 5.75 Å². The Morgan fingerprint density at radius 2 is 1.72 bits per heavy atom.